The van der Waals surface area contributed by atoms with Crippen LogP contribution in [0.25, 0.3) is 11.0 Å². The Morgan fingerprint density at radius 3 is 2.64 bits per heavy atom. The summed E-state index contributed by atoms with van der Waals surface area (Å²) in [5.41, 5.74) is 1.09. The van der Waals surface area contributed by atoms with E-state index in [1.165, 1.54) is 18.2 Å². The van der Waals surface area contributed by atoms with Crippen molar-refractivity contribution < 1.29 is 70.1 Å². The minimum atomic E-state index is -1.44. The van der Waals surface area contributed by atoms with Crippen LogP contribution in [0.4, 0.5) is 15.8 Å². The van der Waals surface area contributed by atoms with E-state index in [0.29, 0.717) is 16.7 Å². The van der Waals surface area contributed by atoms with E-state index in [1.54, 1.807) is 24.3 Å². The van der Waals surface area contributed by atoms with Gasteiger partial charge in [-0.15, -0.1) is 0 Å². The van der Waals surface area contributed by atoms with E-state index >= 15 is 0 Å². The summed E-state index contributed by atoms with van der Waals surface area (Å²) >= 11 is 5.71. The predicted octanol–water partition coefficient (Wildman–Crippen LogP) is 0.336. The van der Waals surface area contributed by atoms with Gasteiger partial charge in [-0.1, -0.05) is 23.7 Å². The van der Waals surface area contributed by atoms with Crippen LogP contribution >= 0.6 is 11.6 Å². The Morgan fingerprint density at radius 1 is 1.23 bits per heavy atom. The molecule has 1 aromatic heterocycles. The first kappa shape index (κ1) is 17.5. The molecule has 3 aromatic rings. The summed E-state index contributed by atoms with van der Waals surface area (Å²) in [6, 6.07) is 10.8. The molecule has 0 saturated heterocycles. The molecule has 0 saturated carbocycles. The topological polar surface area (TPSA) is 65.3 Å². The van der Waals surface area contributed by atoms with Crippen LogP contribution in [0.5, 0.6) is 0 Å². The molecule has 106 valence electrons. The Morgan fingerprint density at radius 2 is 1.95 bits per heavy atom. The Bertz CT molecular complexity index is 850. The number of benzene rings is 2. The molecule has 0 atom stereocenters. The van der Waals surface area contributed by atoms with Gasteiger partial charge in [-0.3, -0.25) is 0 Å². The molecule has 4 nitrogen and oxygen atoms in total. The number of hydrogen-bond donors (Lipinski definition) is 1. The second kappa shape index (κ2) is 7.12. The van der Waals surface area contributed by atoms with Gasteiger partial charge in [-0.2, -0.15) is 0 Å². The van der Waals surface area contributed by atoms with E-state index in [0.717, 1.165) is 0 Å². The van der Waals surface area contributed by atoms with E-state index in [9.17, 15) is 14.3 Å². The Labute approximate surface area is 172 Å². The number of hydrogen-bond acceptors (Lipinski definition) is 4. The molecule has 0 fully saturated rings. The number of furan rings is 1. The molecule has 0 radical (unpaired) electrons. The summed E-state index contributed by atoms with van der Waals surface area (Å²) in [5, 5.41) is 14.6. The van der Waals surface area contributed by atoms with E-state index in [4.69, 9.17) is 16.0 Å². The van der Waals surface area contributed by atoms with Crippen LogP contribution in [-0.4, -0.2) is 5.97 Å². The maximum absolute atomic E-state index is 13.2. The molecule has 1 N–H and O–H groups in total. The van der Waals surface area contributed by atoms with E-state index < -0.39 is 11.8 Å². The van der Waals surface area contributed by atoms with Crippen LogP contribution in [0.1, 0.15) is 10.6 Å². The number of para-hydroxylation sites is 1. The van der Waals surface area contributed by atoms with Crippen LogP contribution in [0.3, 0.4) is 0 Å². The van der Waals surface area contributed by atoms with Gasteiger partial charge in [0.25, 0.3) is 0 Å². The van der Waals surface area contributed by atoms with Gasteiger partial charge in [0.15, 0.2) is 5.76 Å². The number of carboxylic acids is 1. The van der Waals surface area contributed by atoms with Crippen LogP contribution in [0, 0.1) is 5.82 Å². The molecule has 0 spiro atoms. The number of fused-ring (bicyclic) bond motifs is 1. The Balaban J connectivity index is 0.00000176. The van der Waals surface area contributed by atoms with Crippen molar-refractivity contribution in [1.29, 1.82) is 0 Å². The Kier molecular flexibility index (Phi) is 5.65. The van der Waals surface area contributed by atoms with Gasteiger partial charge in [0.05, 0.1) is 10.7 Å². The number of aromatic carboxylic acids is 1. The maximum Gasteiger partial charge on any atom is 1.00 e. The van der Waals surface area contributed by atoms with Gasteiger partial charge in [-0.25, -0.2) is 4.39 Å². The van der Waals surface area contributed by atoms with E-state index in [-0.39, 0.29) is 67.9 Å². The number of carboxylic acid groups (broad SMARTS) is 1. The summed E-state index contributed by atoms with van der Waals surface area (Å²) in [6.07, 6.45) is 0. The third-order valence-corrected chi connectivity index (χ3v) is 3.26. The molecule has 1 heterocycles. The van der Waals surface area contributed by atoms with Crippen LogP contribution in [0.2, 0.25) is 5.02 Å². The summed E-state index contributed by atoms with van der Waals surface area (Å²) in [4.78, 5) is 11.2. The summed E-state index contributed by atoms with van der Waals surface area (Å²) in [7, 11) is 0. The maximum atomic E-state index is 13.2. The number of rotatable bonds is 3. The Hall–Kier alpha value is -0.894. The normalized spacial score (nSPS) is 10.3. The fraction of sp³-hybridized carbons (Fsp3) is 0. The molecule has 22 heavy (non-hydrogen) atoms. The minimum Gasteiger partial charge on any atom is -0.541 e. The smallest absolute Gasteiger partial charge is 0.541 e. The first-order valence-corrected chi connectivity index (χ1v) is 6.39. The van der Waals surface area contributed by atoms with Gasteiger partial charge in [0.2, 0.25) is 0 Å². The zero-order chi connectivity index (χ0) is 15.0. The molecule has 0 bridgehead atoms. The quantitative estimate of drug-likeness (QED) is 0.696. The second-order valence-electron chi connectivity index (χ2n) is 4.34. The van der Waals surface area contributed by atoms with Gasteiger partial charge >= 0.3 is 51.4 Å². The van der Waals surface area contributed by atoms with Gasteiger partial charge < -0.3 is 19.6 Å². The van der Waals surface area contributed by atoms with Crippen molar-refractivity contribution in [3.05, 3.63) is 59.1 Å². The molecule has 2 aromatic carbocycles. The molecule has 0 amide bonds. The van der Waals surface area contributed by atoms with Crippen LogP contribution in [0.15, 0.2) is 46.9 Å². The molecular weight excluding hydrogens is 336 g/mol. The number of carbonyl (C=O) groups is 1. The fourth-order valence-electron chi connectivity index (χ4n) is 2.03. The molecule has 0 unspecified atom stereocenters. The van der Waals surface area contributed by atoms with E-state index in [2.05, 4.69) is 5.32 Å². The zero-order valence-electron chi connectivity index (χ0n) is 11.5. The number of nitrogens with one attached hydrogen (secondary N) is 1. The SMILES string of the molecule is O=C([O-])c1oc2ccccc2c1Nc1ccc(F)c(Cl)c1.[K+]. The van der Waals surface area contributed by atoms with Gasteiger partial charge in [0.1, 0.15) is 17.4 Å². The first-order chi connectivity index (χ1) is 10.1. The molecule has 0 aliphatic heterocycles. The summed E-state index contributed by atoms with van der Waals surface area (Å²) < 4.78 is 18.4. The third-order valence-electron chi connectivity index (χ3n) is 2.97. The van der Waals surface area contributed by atoms with E-state index in [1.807, 2.05) is 0 Å². The predicted molar refractivity (Wildman–Crippen MR) is 75.2 cm³/mol. The van der Waals surface area contributed by atoms with Crippen LogP contribution < -0.4 is 61.8 Å². The molecule has 0 aliphatic rings. The number of carbonyl (C=O) groups excluding carboxylic acids is 1. The fourth-order valence-corrected chi connectivity index (χ4v) is 2.21. The minimum absolute atomic E-state index is 0. The summed E-state index contributed by atoms with van der Waals surface area (Å²) in [6.45, 7) is 0. The van der Waals surface area contributed by atoms with Gasteiger partial charge in [0, 0.05) is 11.1 Å². The van der Waals surface area contributed by atoms with Crippen molar-refractivity contribution in [1.82, 2.24) is 0 Å². The first-order valence-electron chi connectivity index (χ1n) is 6.01. The molecule has 7 heteroatoms. The monoisotopic (exact) mass is 343 g/mol. The van der Waals surface area contributed by atoms with Crippen molar-refractivity contribution in [3.8, 4) is 0 Å². The zero-order valence-corrected chi connectivity index (χ0v) is 15.4. The largest absolute Gasteiger partial charge is 1.00 e. The number of halogens is 2. The van der Waals surface area contributed by atoms with Crippen molar-refractivity contribution in [2.24, 2.45) is 0 Å². The molecule has 0 aliphatic carbocycles. The average Bonchev–Trinajstić information content (AvgIpc) is 2.82. The van der Waals surface area contributed by atoms with Crippen molar-refractivity contribution >= 4 is 39.9 Å². The van der Waals surface area contributed by atoms with Crippen molar-refractivity contribution in [2.75, 3.05) is 5.32 Å². The van der Waals surface area contributed by atoms with Gasteiger partial charge in [-0.05, 0) is 30.3 Å². The second-order valence-corrected chi connectivity index (χ2v) is 4.75. The number of anilines is 2. The van der Waals surface area contributed by atoms with Crippen molar-refractivity contribution in [3.63, 3.8) is 0 Å². The van der Waals surface area contributed by atoms with Crippen molar-refractivity contribution in [2.45, 2.75) is 0 Å². The third kappa shape index (κ3) is 3.37. The molecular formula is C15H8ClFKNO3. The van der Waals surface area contributed by atoms with Crippen LogP contribution in [-0.2, 0) is 0 Å². The standard InChI is InChI=1S/C15H9ClFNO3.K/c16-10-7-8(5-6-11(10)17)18-13-9-3-1-2-4-12(9)21-14(13)15(19)20;/h1-7,18H,(H,19,20);/q;+1/p-1. The summed E-state index contributed by atoms with van der Waals surface area (Å²) in [5.74, 6) is -2.32. The average molecular weight is 344 g/mol. The molecule has 3 rings (SSSR count).